The topological polar surface area (TPSA) is 32.3 Å². The van der Waals surface area contributed by atoms with Crippen molar-refractivity contribution >= 4 is 5.91 Å². The third kappa shape index (κ3) is 4.59. The molecule has 2 aromatic carbocycles. The highest BCUT2D eigenvalue weighted by molar-refractivity contribution is 5.73. The molecule has 0 saturated heterocycles. The molecular formula is C24H32N2O. The third-order valence-corrected chi connectivity index (χ3v) is 5.73. The lowest BCUT2D eigenvalue weighted by Crippen LogP contribution is -2.36. The second-order valence-electron chi connectivity index (χ2n) is 8.24. The first-order valence-corrected chi connectivity index (χ1v) is 10.00. The van der Waals surface area contributed by atoms with E-state index in [4.69, 9.17) is 0 Å². The van der Waals surface area contributed by atoms with E-state index >= 15 is 0 Å². The number of nitrogens with zero attached hydrogens (tertiary/aromatic N) is 1. The lowest BCUT2D eigenvalue weighted by atomic mass is 9.90. The molecule has 4 rings (SSSR count). The molecule has 2 atom stereocenters. The highest BCUT2D eigenvalue weighted by Gasteiger charge is 2.23. The summed E-state index contributed by atoms with van der Waals surface area (Å²) in [7, 11) is 0. The number of nitrogens with one attached hydrogen (secondary N) is 1. The lowest BCUT2D eigenvalue weighted by molar-refractivity contribution is -0.130. The van der Waals surface area contributed by atoms with Crippen LogP contribution in [0.5, 0.6) is 0 Å². The first-order valence-electron chi connectivity index (χ1n) is 10.00. The van der Waals surface area contributed by atoms with Gasteiger partial charge in [-0.15, -0.1) is 0 Å². The third-order valence-electron chi connectivity index (χ3n) is 5.73. The van der Waals surface area contributed by atoms with Crippen molar-refractivity contribution in [2.45, 2.75) is 59.5 Å². The summed E-state index contributed by atoms with van der Waals surface area (Å²) in [6.07, 6.45) is 0. The van der Waals surface area contributed by atoms with Crippen molar-refractivity contribution in [2.24, 2.45) is 0 Å². The highest BCUT2D eigenvalue weighted by atomic mass is 16.2. The number of benzene rings is 2. The van der Waals surface area contributed by atoms with Gasteiger partial charge in [0.05, 0.1) is 0 Å². The smallest absolute Gasteiger partial charge is 0.219 e. The van der Waals surface area contributed by atoms with E-state index in [1.807, 2.05) is 4.90 Å². The minimum atomic E-state index is 0.175. The summed E-state index contributed by atoms with van der Waals surface area (Å²) in [5.41, 5.74) is 8.35. The molecule has 3 heteroatoms. The van der Waals surface area contributed by atoms with E-state index in [1.54, 1.807) is 6.92 Å². The van der Waals surface area contributed by atoms with Crippen molar-refractivity contribution in [2.75, 3.05) is 13.1 Å². The van der Waals surface area contributed by atoms with Crippen molar-refractivity contribution in [3.05, 3.63) is 69.8 Å². The quantitative estimate of drug-likeness (QED) is 0.737. The Morgan fingerprint density at radius 1 is 0.963 bits per heavy atom. The number of aryl methyl sites for hydroxylation is 2. The van der Waals surface area contributed by atoms with Crippen molar-refractivity contribution in [3.63, 3.8) is 0 Å². The molecule has 144 valence electrons. The molecule has 0 radical (unpaired) electrons. The van der Waals surface area contributed by atoms with Gasteiger partial charge in [0.15, 0.2) is 0 Å². The summed E-state index contributed by atoms with van der Waals surface area (Å²) in [6, 6.07) is 13.3. The van der Waals surface area contributed by atoms with Crippen LogP contribution >= 0.6 is 0 Å². The predicted octanol–water partition coefficient (Wildman–Crippen LogP) is 4.66. The number of carbonyl (C=O) groups excluding carboxylic acids is 1. The monoisotopic (exact) mass is 364 g/mol. The van der Waals surface area contributed by atoms with Crippen LogP contribution in [0, 0.1) is 13.8 Å². The fourth-order valence-electron chi connectivity index (χ4n) is 4.19. The first kappa shape index (κ1) is 19.6. The van der Waals surface area contributed by atoms with E-state index in [0.29, 0.717) is 11.8 Å². The standard InChI is InChI=1S/C13H17NO.C11H15N/c1-9-4-5-13-10(2)7-14(11(3)15)8-12(13)6-9;1-8-3-4-11-9(2)6-12-7-10(11)5-8/h4-6,10H,7-8H2,1-3H3;3-5,9,12H,6-7H2,1-2H3. The average molecular weight is 365 g/mol. The van der Waals surface area contributed by atoms with E-state index in [0.717, 1.165) is 26.2 Å². The second kappa shape index (κ2) is 8.26. The predicted molar refractivity (Wildman–Crippen MR) is 112 cm³/mol. The Balaban J connectivity index is 0.000000159. The summed E-state index contributed by atoms with van der Waals surface area (Å²) >= 11 is 0. The molecule has 3 nitrogen and oxygen atoms in total. The zero-order valence-corrected chi connectivity index (χ0v) is 17.3. The molecule has 2 aliphatic rings. The zero-order valence-electron chi connectivity index (χ0n) is 17.3. The molecule has 1 amide bonds. The van der Waals surface area contributed by atoms with Crippen LogP contribution in [0.25, 0.3) is 0 Å². The zero-order chi connectivity index (χ0) is 19.6. The lowest BCUT2D eigenvalue weighted by Gasteiger charge is -2.32. The summed E-state index contributed by atoms with van der Waals surface area (Å²) in [5, 5.41) is 3.42. The van der Waals surface area contributed by atoms with Crippen molar-refractivity contribution in [3.8, 4) is 0 Å². The fraction of sp³-hybridized carbons (Fsp3) is 0.458. The average Bonchev–Trinajstić information content (AvgIpc) is 2.61. The second-order valence-corrected chi connectivity index (χ2v) is 8.24. The summed E-state index contributed by atoms with van der Waals surface area (Å²) in [5.74, 6) is 1.31. The van der Waals surface area contributed by atoms with E-state index in [2.05, 4.69) is 69.4 Å². The summed E-state index contributed by atoms with van der Waals surface area (Å²) in [4.78, 5) is 13.3. The Hall–Kier alpha value is -2.13. The molecular weight excluding hydrogens is 332 g/mol. The maximum absolute atomic E-state index is 11.4. The molecule has 0 aromatic heterocycles. The van der Waals surface area contributed by atoms with Crippen LogP contribution in [0.1, 0.15) is 66.0 Å². The number of fused-ring (bicyclic) bond motifs is 2. The van der Waals surface area contributed by atoms with Gasteiger partial charge in [-0.05, 0) is 47.9 Å². The Bertz CT molecular complexity index is 827. The normalized spacial score (nSPS) is 20.9. The Morgan fingerprint density at radius 3 is 2.19 bits per heavy atom. The van der Waals surface area contributed by atoms with Gasteiger partial charge in [-0.25, -0.2) is 0 Å². The van der Waals surface area contributed by atoms with E-state index in [-0.39, 0.29) is 5.91 Å². The molecule has 0 aliphatic carbocycles. The molecule has 0 saturated carbocycles. The molecule has 2 aromatic rings. The molecule has 0 fully saturated rings. The summed E-state index contributed by atoms with van der Waals surface area (Å²) < 4.78 is 0. The van der Waals surface area contributed by atoms with Gasteiger partial charge in [0.25, 0.3) is 0 Å². The van der Waals surface area contributed by atoms with Crippen molar-refractivity contribution < 1.29 is 4.79 Å². The van der Waals surface area contributed by atoms with E-state index in [1.165, 1.54) is 33.4 Å². The van der Waals surface area contributed by atoms with Gasteiger partial charge in [-0.1, -0.05) is 61.4 Å². The maximum atomic E-state index is 11.4. The van der Waals surface area contributed by atoms with Gasteiger partial charge in [0, 0.05) is 33.1 Å². The summed E-state index contributed by atoms with van der Waals surface area (Å²) in [6.45, 7) is 14.1. The van der Waals surface area contributed by atoms with Crippen LogP contribution in [-0.2, 0) is 17.9 Å². The Morgan fingerprint density at radius 2 is 1.56 bits per heavy atom. The Labute approximate surface area is 163 Å². The maximum Gasteiger partial charge on any atom is 0.219 e. The minimum Gasteiger partial charge on any atom is -0.338 e. The Kier molecular flexibility index (Phi) is 6.01. The molecule has 1 N–H and O–H groups in total. The van der Waals surface area contributed by atoms with Crippen LogP contribution in [0.4, 0.5) is 0 Å². The number of rotatable bonds is 0. The fourth-order valence-corrected chi connectivity index (χ4v) is 4.19. The number of carbonyl (C=O) groups is 1. The van der Waals surface area contributed by atoms with Crippen molar-refractivity contribution in [1.82, 2.24) is 10.2 Å². The number of hydrogen-bond donors (Lipinski definition) is 1. The van der Waals surface area contributed by atoms with Crippen LogP contribution in [0.2, 0.25) is 0 Å². The van der Waals surface area contributed by atoms with Crippen LogP contribution in [0.15, 0.2) is 36.4 Å². The molecule has 0 spiro atoms. The van der Waals surface area contributed by atoms with Crippen LogP contribution in [0.3, 0.4) is 0 Å². The molecule has 2 heterocycles. The molecule has 0 bridgehead atoms. The van der Waals surface area contributed by atoms with Crippen LogP contribution < -0.4 is 5.32 Å². The first-order chi connectivity index (χ1) is 12.8. The van der Waals surface area contributed by atoms with E-state index in [9.17, 15) is 4.79 Å². The van der Waals surface area contributed by atoms with Gasteiger partial charge >= 0.3 is 0 Å². The SMILES string of the molecule is CC(=O)N1Cc2cc(C)ccc2C(C)C1.Cc1ccc2c(c1)CNCC2C. The van der Waals surface area contributed by atoms with Crippen molar-refractivity contribution in [1.29, 1.82) is 0 Å². The minimum absolute atomic E-state index is 0.175. The van der Waals surface area contributed by atoms with Gasteiger partial charge in [-0.2, -0.15) is 0 Å². The molecule has 2 unspecified atom stereocenters. The highest BCUT2D eigenvalue weighted by Crippen LogP contribution is 2.28. The van der Waals surface area contributed by atoms with Gasteiger partial charge in [-0.3, -0.25) is 4.79 Å². The van der Waals surface area contributed by atoms with Gasteiger partial charge in [0.1, 0.15) is 0 Å². The van der Waals surface area contributed by atoms with E-state index < -0.39 is 0 Å². The number of hydrogen-bond acceptors (Lipinski definition) is 2. The van der Waals surface area contributed by atoms with Gasteiger partial charge < -0.3 is 10.2 Å². The largest absolute Gasteiger partial charge is 0.338 e. The molecule has 2 aliphatic heterocycles. The number of amides is 1. The van der Waals surface area contributed by atoms with Crippen LogP contribution in [-0.4, -0.2) is 23.9 Å². The molecule has 27 heavy (non-hydrogen) atoms. The van der Waals surface area contributed by atoms with Gasteiger partial charge in [0.2, 0.25) is 5.91 Å².